The zero-order valence-corrected chi connectivity index (χ0v) is 17.0. The van der Waals surface area contributed by atoms with E-state index in [9.17, 15) is 4.79 Å². The number of fused-ring (bicyclic) bond motifs is 1. The predicted molar refractivity (Wildman–Crippen MR) is 105 cm³/mol. The highest BCUT2D eigenvalue weighted by Gasteiger charge is 2.70. The second kappa shape index (κ2) is 7.75. The molecule has 1 saturated heterocycles. The van der Waals surface area contributed by atoms with Crippen molar-refractivity contribution in [1.82, 2.24) is 4.90 Å². The monoisotopic (exact) mass is 382 g/mol. The van der Waals surface area contributed by atoms with E-state index in [1.165, 1.54) is 0 Å². The molecule has 1 aromatic carbocycles. The van der Waals surface area contributed by atoms with E-state index in [-0.39, 0.29) is 35.8 Å². The Morgan fingerprint density at radius 2 is 2.15 bits per heavy atom. The quantitative estimate of drug-likeness (QED) is 0.850. The molecule has 1 amide bonds. The summed E-state index contributed by atoms with van der Waals surface area (Å²) in [6.07, 6.45) is 2.03. The van der Waals surface area contributed by atoms with Crippen molar-refractivity contribution in [1.29, 1.82) is 0 Å². The fourth-order valence-electron chi connectivity index (χ4n) is 4.43. The largest absolute Gasteiger partial charge is 0.492 e. The van der Waals surface area contributed by atoms with Gasteiger partial charge in [0.1, 0.15) is 17.9 Å². The number of nitrogens with zero attached hydrogens (tertiary/aromatic N) is 1. The molecule has 2 fully saturated rings. The molecule has 26 heavy (non-hydrogen) atoms. The SMILES string of the molecule is Cc1cccc(OCCN(C)C(=O)C2(N)C3CCCOC3C2(C)C)c1.Cl. The van der Waals surface area contributed by atoms with Gasteiger partial charge in [0.25, 0.3) is 0 Å². The Balaban J connectivity index is 0.00000243. The number of benzene rings is 1. The number of ether oxygens (including phenoxy) is 2. The van der Waals surface area contributed by atoms with Crippen LogP contribution in [0.5, 0.6) is 5.75 Å². The van der Waals surface area contributed by atoms with E-state index in [0.717, 1.165) is 30.8 Å². The van der Waals surface area contributed by atoms with Crippen molar-refractivity contribution < 1.29 is 14.3 Å². The first-order chi connectivity index (χ1) is 11.8. The van der Waals surface area contributed by atoms with Gasteiger partial charge in [0.2, 0.25) is 5.91 Å². The standard InChI is InChI=1S/C20H30N2O3.ClH/c1-14-7-5-8-15(13-14)24-12-10-22(4)18(23)20(21)16-9-6-11-25-17(16)19(20,2)3;/h5,7-8,13,16-17H,6,9-12,21H2,1-4H3;1H. The lowest BCUT2D eigenvalue weighted by Crippen LogP contribution is -2.82. The lowest BCUT2D eigenvalue weighted by atomic mass is 9.46. The summed E-state index contributed by atoms with van der Waals surface area (Å²) in [6.45, 7) is 7.87. The number of nitrogens with two attached hydrogens (primary N) is 1. The number of rotatable bonds is 5. The van der Waals surface area contributed by atoms with E-state index < -0.39 is 5.54 Å². The van der Waals surface area contributed by atoms with Gasteiger partial charge in [0.15, 0.2) is 0 Å². The molecule has 1 saturated carbocycles. The molecular formula is C20H31ClN2O3. The van der Waals surface area contributed by atoms with Crippen LogP contribution in [0.4, 0.5) is 0 Å². The number of likely N-dealkylation sites (N-methyl/N-ethyl adjacent to an activating group) is 1. The first-order valence-electron chi connectivity index (χ1n) is 9.14. The van der Waals surface area contributed by atoms with Crippen LogP contribution in [0.25, 0.3) is 0 Å². The average Bonchev–Trinajstić information content (AvgIpc) is 2.60. The van der Waals surface area contributed by atoms with Crippen molar-refractivity contribution in [2.75, 3.05) is 26.8 Å². The third kappa shape index (κ3) is 3.32. The van der Waals surface area contributed by atoms with Gasteiger partial charge in [-0.15, -0.1) is 12.4 Å². The molecule has 2 N–H and O–H groups in total. The van der Waals surface area contributed by atoms with Gasteiger partial charge >= 0.3 is 0 Å². The molecule has 0 bridgehead atoms. The molecule has 1 aromatic rings. The molecular weight excluding hydrogens is 352 g/mol. The van der Waals surface area contributed by atoms with E-state index in [4.69, 9.17) is 15.2 Å². The fraction of sp³-hybridized carbons (Fsp3) is 0.650. The Labute approximate surface area is 162 Å². The van der Waals surface area contributed by atoms with Crippen molar-refractivity contribution in [2.45, 2.75) is 45.3 Å². The highest BCUT2D eigenvalue weighted by atomic mass is 35.5. The second-order valence-electron chi connectivity index (χ2n) is 8.02. The maximum atomic E-state index is 13.1. The lowest BCUT2D eigenvalue weighted by Gasteiger charge is -2.65. The maximum absolute atomic E-state index is 13.1. The first kappa shape index (κ1) is 21.0. The summed E-state index contributed by atoms with van der Waals surface area (Å²) in [5.41, 5.74) is 6.63. The number of amides is 1. The lowest BCUT2D eigenvalue weighted by molar-refractivity contribution is -0.229. The average molecular weight is 383 g/mol. The number of carbonyl (C=O) groups excluding carboxylic acids is 1. The van der Waals surface area contributed by atoms with Crippen LogP contribution in [0.3, 0.4) is 0 Å². The number of hydrogen-bond acceptors (Lipinski definition) is 4. The van der Waals surface area contributed by atoms with E-state index in [1.807, 2.05) is 38.2 Å². The molecule has 0 radical (unpaired) electrons. The van der Waals surface area contributed by atoms with Crippen LogP contribution in [0.2, 0.25) is 0 Å². The number of aryl methyl sites for hydroxylation is 1. The second-order valence-corrected chi connectivity index (χ2v) is 8.02. The molecule has 3 rings (SSSR count). The summed E-state index contributed by atoms with van der Waals surface area (Å²) < 4.78 is 11.7. The minimum atomic E-state index is -0.851. The summed E-state index contributed by atoms with van der Waals surface area (Å²) >= 11 is 0. The van der Waals surface area contributed by atoms with Crippen LogP contribution in [0.15, 0.2) is 24.3 Å². The van der Waals surface area contributed by atoms with Crippen LogP contribution in [0.1, 0.15) is 32.3 Å². The van der Waals surface area contributed by atoms with Gasteiger partial charge in [-0.25, -0.2) is 0 Å². The van der Waals surface area contributed by atoms with Gasteiger partial charge in [-0.05, 0) is 37.5 Å². The van der Waals surface area contributed by atoms with Crippen LogP contribution in [0, 0.1) is 18.3 Å². The smallest absolute Gasteiger partial charge is 0.243 e. The van der Waals surface area contributed by atoms with Crippen molar-refractivity contribution in [3.8, 4) is 5.75 Å². The molecule has 0 spiro atoms. The van der Waals surface area contributed by atoms with Crippen molar-refractivity contribution in [3.63, 3.8) is 0 Å². The van der Waals surface area contributed by atoms with Gasteiger partial charge in [-0.3, -0.25) is 4.79 Å². The molecule has 5 nitrogen and oxygen atoms in total. The summed E-state index contributed by atoms with van der Waals surface area (Å²) in [4.78, 5) is 14.8. The summed E-state index contributed by atoms with van der Waals surface area (Å²) in [7, 11) is 1.81. The minimum absolute atomic E-state index is 0. The minimum Gasteiger partial charge on any atom is -0.492 e. The van der Waals surface area contributed by atoms with E-state index in [2.05, 4.69) is 13.8 Å². The molecule has 146 valence electrons. The van der Waals surface area contributed by atoms with Crippen LogP contribution in [-0.4, -0.2) is 49.3 Å². The van der Waals surface area contributed by atoms with E-state index in [0.29, 0.717) is 13.2 Å². The van der Waals surface area contributed by atoms with Gasteiger partial charge in [0, 0.05) is 25.0 Å². The molecule has 0 aromatic heterocycles. The zero-order valence-electron chi connectivity index (χ0n) is 16.2. The Hall–Kier alpha value is -1.30. The molecule has 1 aliphatic heterocycles. The molecule has 6 heteroatoms. The molecule has 3 unspecified atom stereocenters. The first-order valence-corrected chi connectivity index (χ1v) is 9.14. The highest BCUT2D eigenvalue weighted by molar-refractivity contribution is 5.89. The van der Waals surface area contributed by atoms with Crippen LogP contribution < -0.4 is 10.5 Å². The summed E-state index contributed by atoms with van der Waals surface area (Å²) in [5.74, 6) is 0.939. The zero-order chi connectivity index (χ0) is 18.2. The third-order valence-electron chi connectivity index (χ3n) is 6.07. The van der Waals surface area contributed by atoms with Crippen molar-refractivity contribution >= 4 is 18.3 Å². The Morgan fingerprint density at radius 1 is 1.42 bits per heavy atom. The fourth-order valence-corrected chi connectivity index (χ4v) is 4.43. The van der Waals surface area contributed by atoms with Gasteiger partial charge < -0.3 is 20.1 Å². The van der Waals surface area contributed by atoms with Crippen molar-refractivity contribution in [3.05, 3.63) is 29.8 Å². The Bertz CT molecular complexity index is 652. The topological polar surface area (TPSA) is 64.8 Å². The van der Waals surface area contributed by atoms with E-state index in [1.54, 1.807) is 4.90 Å². The molecule has 3 atom stereocenters. The van der Waals surface area contributed by atoms with Crippen LogP contribution >= 0.6 is 12.4 Å². The summed E-state index contributed by atoms with van der Waals surface area (Å²) in [5, 5.41) is 0. The van der Waals surface area contributed by atoms with Crippen LogP contribution in [-0.2, 0) is 9.53 Å². The number of hydrogen-bond donors (Lipinski definition) is 1. The number of carbonyl (C=O) groups is 1. The third-order valence-corrected chi connectivity index (χ3v) is 6.07. The maximum Gasteiger partial charge on any atom is 0.243 e. The molecule has 1 aliphatic carbocycles. The predicted octanol–water partition coefficient (Wildman–Crippen LogP) is 2.79. The van der Waals surface area contributed by atoms with Crippen molar-refractivity contribution in [2.24, 2.45) is 17.1 Å². The molecule has 1 heterocycles. The summed E-state index contributed by atoms with van der Waals surface area (Å²) in [6, 6.07) is 7.92. The van der Waals surface area contributed by atoms with Gasteiger partial charge in [-0.2, -0.15) is 0 Å². The Kier molecular flexibility index (Phi) is 6.26. The van der Waals surface area contributed by atoms with E-state index >= 15 is 0 Å². The number of halogens is 1. The Morgan fingerprint density at radius 3 is 2.85 bits per heavy atom. The molecule has 2 aliphatic rings. The van der Waals surface area contributed by atoms with Gasteiger partial charge in [-0.1, -0.05) is 26.0 Å². The van der Waals surface area contributed by atoms with Gasteiger partial charge in [0.05, 0.1) is 12.6 Å². The normalized spacial score (nSPS) is 29.0. The highest BCUT2D eigenvalue weighted by Crippen LogP contribution is 2.57.